The number of carboxylic acid groups (broad SMARTS) is 1. The second-order valence-corrected chi connectivity index (χ2v) is 37.6. The zero-order valence-corrected chi connectivity index (χ0v) is 81.7. The number of para-hydroxylation sites is 1. The summed E-state index contributed by atoms with van der Waals surface area (Å²) in [6.07, 6.45) is 4.72. The van der Waals surface area contributed by atoms with Gasteiger partial charge in [0.1, 0.15) is 77.2 Å². The van der Waals surface area contributed by atoms with E-state index in [1.54, 1.807) is 68.4 Å². The number of H-pyrrole nitrogens is 1. The van der Waals surface area contributed by atoms with Crippen molar-refractivity contribution in [3.63, 3.8) is 0 Å². The number of rotatable bonds is 40. The molecule has 18 atom stereocenters. The third-order valence-corrected chi connectivity index (χ3v) is 24.9. The normalized spacial score (nSPS) is 22.5. The second-order valence-electron chi connectivity index (χ2n) is 37.6. The fourth-order valence-electron chi connectivity index (χ4n) is 16.0. The molecule has 42 heteroatoms. The van der Waals surface area contributed by atoms with Crippen LogP contribution in [0.1, 0.15) is 215 Å². The highest BCUT2D eigenvalue weighted by Crippen LogP contribution is 2.33. The predicted molar refractivity (Wildman–Crippen MR) is 514 cm³/mol. The van der Waals surface area contributed by atoms with Crippen molar-refractivity contribution in [1.82, 2.24) is 84.7 Å². The topological polar surface area (TPSA) is 671 Å². The monoisotopic (exact) mass is 1960 g/mol. The summed E-state index contributed by atoms with van der Waals surface area (Å²) in [6.45, 7) is 15.2. The van der Waals surface area contributed by atoms with Gasteiger partial charge in [-0.05, 0) is 166 Å². The number of carbonyl (C=O) groups excluding carboxylic acids is 19. The number of aromatic amines is 1. The number of Topliss-reactive ketones (excluding diaryl/α,β-unsaturated/α-hetero) is 4. The van der Waals surface area contributed by atoms with Crippen molar-refractivity contribution in [2.45, 2.75) is 314 Å². The maximum absolute atomic E-state index is 15.6. The number of aromatic hydroxyl groups is 1. The van der Waals surface area contributed by atoms with Crippen LogP contribution in [0.4, 0.5) is 0 Å². The number of benzene rings is 3. The molecule has 140 heavy (non-hydrogen) atoms. The Bertz CT molecular complexity index is 5040. The quantitative estimate of drug-likeness (QED) is 0.0203. The molecule has 1 aliphatic carbocycles. The van der Waals surface area contributed by atoms with E-state index >= 15 is 33.6 Å². The van der Waals surface area contributed by atoms with E-state index in [4.69, 9.17) is 11.5 Å². The Morgan fingerprint density at radius 2 is 1.09 bits per heavy atom. The summed E-state index contributed by atoms with van der Waals surface area (Å²) in [5.41, 5.74) is 8.70. The Morgan fingerprint density at radius 1 is 0.529 bits per heavy atom. The van der Waals surface area contributed by atoms with Crippen molar-refractivity contribution >= 4 is 129 Å². The minimum Gasteiger partial charge on any atom is -0.508 e. The summed E-state index contributed by atoms with van der Waals surface area (Å²) >= 11 is 0. The number of nitrogens with two attached hydrogens (primary N) is 2. The molecule has 768 valence electrons. The molecule has 2 aliphatic rings. The predicted octanol–water partition coefficient (Wildman–Crippen LogP) is -0.146. The van der Waals surface area contributed by atoms with Crippen LogP contribution in [0.15, 0.2) is 97.2 Å². The molecule has 3 aromatic carbocycles. The van der Waals surface area contributed by atoms with Gasteiger partial charge in [-0.15, -0.1) is 0 Å². The average Bonchev–Trinajstić information content (AvgIpc) is 1.27. The van der Waals surface area contributed by atoms with Gasteiger partial charge in [0.25, 0.3) is 0 Å². The van der Waals surface area contributed by atoms with Crippen LogP contribution in [0.2, 0.25) is 0 Å². The van der Waals surface area contributed by atoms with Crippen LogP contribution in [-0.2, 0) is 115 Å². The van der Waals surface area contributed by atoms with Gasteiger partial charge >= 0.3 is 5.97 Å². The first-order valence-electron chi connectivity index (χ1n) is 47.7. The van der Waals surface area contributed by atoms with Crippen LogP contribution in [0.5, 0.6) is 5.75 Å². The molecule has 42 nitrogen and oxygen atoms in total. The number of allylic oxidation sites excluding steroid dienone is 2. The number of hydrogen-bond acceptors (Lipinski definition) is 25. The van der Waals surface area contributed by atoms with Crippen molar-refractivity contribution in [1.29, 1.82) is 0 Å². The molecule has 1 saturated carbocycles. The Hall–Kier alpha value is -13.2. The number of hydrogen-bond donors (Lipinski definition) is 22. The molecule has 3 unspecified atom stereocenters. The van der Waals surface area contributed by atoms with Crippen LogP contribution in [0.25, 0.3) is 10.9 Å². The van der Waals surface area contributed by atoms with Crippen LogP contribution >= 0.6 is 0 Å². The van der Waals surface area contributed by atoms with Crippen molar-refractivity contribution < 1.29 is 116 Å². The van der Waals surface area contributed by atoms with Crippen molar-refractivity contribution in [2.24, 2.45) is 35.1 Å². The highest BCUT2D eigenvalue weighted by atomic mass is 16.4. The zero-order valence-electron chi connectivity index (χ0n) is 81.7. The van der Waals surface area contributed by atoms with Gasteiger partial charge < -0.3 is 117 Å². The molecule has 15 amide bonds. The second kappa shape index (κ2) is 56.1. The number of carboxylic acids is 1. The van der Waals surface area contributed by atoms with Crippen LogP contribution in [0, 0.1) is 23.7 Å². The maximum atomic E-state index is 15.6. The Labute approximate surface area is 814 Å². The van der Waals surface area contributed by atoms with E-state index < -0.39 is 277 Å². The number of phenols is 1. The third-order valence-electron chi connectivity index (χ3n) is 24.9. The van der Waals surface area contributed by atoms with E-state index in [-0.39, 0.29) is 74.6 Å². The number of aliphatic hydroxyl groups excluding tert-OH is 2. The number of carbonyl (C=O) groups is 20. The van der Waals surface area contributed by atoms with Gasteiger partial charge in [-0.25, -0.2) is 0 Å². The molecule has 0 radical (unpaired) electrons. The van der Waals surface area contributed by atoms with Gasteiger partial charge in [0, 0.05) is 75.1 Å². The number of aromatic nitrogens is 1. The largest absolute Gasteiger partial charge is 0.508 e. The number of ketones is 4. The lowest BCUT2D eigenvalue weighted by Gasteiger charge is -2.35. The summed E-state index contributed by atoms with van der Waals surface area (Å²) in [6, 6.07) is 0.198. The molecule has 24 N–H and O–H groups in total. The van der Waals surface area contributed by atoms with E-state index in [0.717, 1.165) is 6.42 Å². The van der Waals surface area contributed by atoms with Gasteiger partial charge in [0.2, 0.25) is 112 Å². The number of aliphatic carboxylic acids is 1. The van der Waals surface area contributed by atoms with E-state index in [1.165, 1.54) is 99.7 Å². The molecule has 4 aromatic rings. The summed E-state index contributed by atoms with van der Waals surface area (Å²) in [4.78, 5) is 284. The maximum Gasteiger partial charge on any atom is 0.303 e. The molecular weight excluding hydrogens is 1810 g/mol. The number of nitrogens with one attached hydrogen (secondary N) is 16. The van der Waals surface area contributed by atoms with Gasteiger partial charge in [0.15, 0.2) is 0 Å². The van der Waals surface area contributed by atoms with Crippen LogP contribution in [0.3, 0.4) is 0 Å². The minimum absolute atomic E-state index is 0.00725. The fourth-order valence-corrected chi connectivity index (χ4v) is 16.0. The molecule has 1 aliphatic heterocycles. The number of primary amides is 2. The number of phenolic OH excluding ortho intramolecular Hbond substituents is 1. The Kier molecular flexibility index (Phi) is 46.3. The van der Waals surface area contributed by atoms with Gasteiger partial charge in [-0.3, -0.25) is 95.9 Å². The first-order chi connectivity index (χ1) is 66.0. The lowest BCUT2D eigenvalue weighted by Crippen LogP contribution is -2.65. The van der Waals surface area contributed by atoms with E-state index in [0.29, 0.717) is 67.0 Å². The standard InChI is InChI=1S/C98H142N18O24/c1-53(2)44-72(108-61(10)119)92(136)114-79(60(9)118)94(138)111-74(46-63-28-21-20-22-29-63)93(137)116-98(12)43-26-19-17-15-13-14-16-18-25-42-97(11,95(139)107-59(8)87(131)106-58(7)86(130)105-57(6)85(129)104-56(5)81(125)80(124)55(4)101-49-54(3)84(100)128)115-88(132)66(45-62-30-27-31-62)51-103-70(38-40-77(99)121)82(126)83(127)76(52-117)112-91(135)75(48-65-50-102-69-33-24-23-32-68(65)69)110-90(134)73(47-64-34-36-67(120)37-35-64)109-89(133)71(113-96(98)140)39-41-78(122)123/h14,16,20-24,28-29,32-37,50,53-60,62,66,70-76,79,101-103,117-118,120H,13,15,17-19,25-27,30-31,38-49,51-52H2,1-12H3,(H2,99,121)(H2,100,128)(H,104,129)(H,105,130)(H,106,131)(H,107,139)(H,108,119)(H,109,133)(H,110,134)(H,111,138)(H,112,135)(H,113,140)(H,114,136)(H,115,132)(H,116,137)(H,122,123)/b16-14+/t54-,55-,56-,57?,58-,59?,60+,66+,70-,71-,72-,73?,74-,75-,76-,79-,97-,98+/m0/s1. The average molecular weight is 1960 g/mol. The lowest BCUT2D eigenvalue weighted by molar-refractivity contribution is -0.141. The number of amides is 15. The van der Waals surface area contributed by atoms with Crippen molar-refractivity contribution in [2.75, 3.05) is 19.7 Å². The van der Waals surface area contributed by atoms with Crippen molar-refractivity contribution in [3.8, 4) is 5.75 Å². The van der Waals surface area contributed by atoms with Crippen molar-refractivity contribution in [3.05, 3.63) is 114 Å². The molecule has 0 spiro atoms. The van der Waals surface area contributed by atoms with Gasteiger partial charge in [-0.2, -0.15) is 0 Å². The molecule has 0 saturated heterocycles. The van der Waals surface area contributed by atoms with Crippen LogP contribution in [-0.4, -0.2) is 259 Å². The Balaban J connectivity index is 1.40. The lowest BCUT2D eigenvalue weighted by atomic mass is 9.78. The van der Waals surface area contributed by atoms with E-state index in [1.807, 2.05) is 12.2 Å². The highest BCUT2D eigenvalue weighted by molar-refractivity contribution is 6.42. The molecule has 0 bridgehead atoms. The van der Waals surface area contributed by atoms with Gasteiger partial charge in [0.05, 0.1) is 36.8 Å². The molecule has 2 heterocycles. The van der Waals surface area contributed by atoms with Crippen LogP contribution < -0.4 is 91.2 Å². The summed E-state index contributed by atoms with van der Waals surface area (Å²) in [5, 5.41) is 82.8. The highest BCUT2D eigenvalue weighted by Gasteiger charge is 2.45. The smallest absolute Gasteiger partial charge is 0.303 e. The fraction of sp³-hybridized carbons (Fsp3) is 0.571. The number of aliphatic hydroxyl groups is 2. The first kappa shape index (κ1) is 115. The first-order valence-corrected chi connectivity index (χ1v) is 47.7. The van der Waals surface area contributed by atoms with E-state index in [9.17, 15) is 82.8 Å². The molecule has 1 aromatic heterocycles. The number of fused-ring (bicyclic) bond motifs is 1. The third kappa shape index (κ3) is 37.2. The minimum atomic E-state index is -2.11. The summed E-state index contributed by atoms with van der Waals surface area (Å²) in [5.74, 6) is -22.1. The Morgan fingerprint density at radius 3 is 1.66 bits per heavy atom. The summed E-state index contributed by atoms with van der Waals surface area (Å²) in [7, 11) is 0. The molecule has 1 fully saturated rings. The zero-order chi connectivity index (χ0) is 104. The molecular formula is C98H142N18O24. The SMILES string of the molecule is CC(=O)N[C@@H](CC(C)C)C(=O)N[C@H](C(=O)N[C@@H](Cc1ccccc1)C(=O)N[C@]1(C)CCCCCC/C=C/CCC[C@@](C)(C(=O)NC(C)C(=O)N[C@@H](C)C(=O)NC(C)C(=O)N[C@@H](C)C(=O)C(=O)[C@H](C)NC[C@H](C)C(N)=O)NC(=O)[C@H](CC2CCC2)CN[C@@H](CCC(N)=O)C(=O)C(=O)[C@H](CO)NC(=O)[C@H](Cc2c[nH]c3ccccc23)NC(=O)C(Cc2ccc(O)cc2)NC(=O)[C@H](CCC(=O)O)NC1=O)[C@@H](C)O. The van der Waals surface area contributed by atoms with E-state index in [2.05, 4.69) is 84.7 Å². The molecule has 6 rings (SSSR count). The summed E-state index contributed by atoms with van der Waals surface area (Å²) < 4.78 is 0. The van der Waals surface area contributed by atoms with Gasteiger partial charge in [-0.1, -0.05) is 132 Å².